The number of hydrogen-bond donors (Lipinski definition) is 2. The molecule has 0 saturated heterocycles. The fourth-order valence-corrected chi connectivity index (χ4v) is 4.39. The molecule has 2 aliphatic rings. The van der Waals surface area contributed by atoms with Crippen molar-refractivity contribution in [3.05, 3.63) is 65.4 Å². The molecule has 1 aliphatic carbocycles. The number of benzene rings is 2. The van der Waals surface area contributed by atoms with Crippen LogP contribution in [0.15, 0.2) is 59.8 Å². The van der Waals surface area contributed by atoms with Gasteiger partial charge < -0.3 is 20.1 Å². The lowest BCUT2D eigenvalue weighted by Crippen LogP contribution is -2.39. The van der Waals surface area contributed by atoms with Crippen LogP contribution in [0.2, 0.25) is 0 Å². The van der Waals surface area contributed by atoms with Crippen molar-refractivity contribution in [2.75, 3.05) is 17.7 Å². The summed E-state index contributed by atoms with van der Waals surface area (Å²) in [6, 6.07) is 15.2. The van der Waals surface area contributed by atoms with E-state index in [1.807, 2.05) is 69.3 Å². The molecule has 6 heteroatoms. The zero-order valence-electron chi connectivity index (χ0n) is 18.3. The van der Waals surface area contributed by atoms with Gasteiger partial charge in [-0.2, -0.15) is 0 Å². The van der Waals surface area contributed by atoms with Gasteiger partial charge in [0.2, 0.25) is 0 Å². The molecule has 0 unspecified atom stereocenters. The Hall–Kier alpha value is -3.28. The van der Waals surface area contributed by atoms with E-state index in [1.165, 1.54) is 7.11 Å². The van der Waals surface area contributed by atoms with E-state index in [0.29, 0.717) is 12.0 Å². The van der Waals surface area contributed by atoms with Crippen LogP contribution in [0.25, 0.3) is 0 Å². The van der Waals surface area contributed by atoms with Gasteiger partial charge in [0.05, 0.1) is 30.6 Å². The third kappa shape index (κ3) is 4.02. The van der Waals surface area contributed by atoms with Crippen molar-refractivity contribution >= 4 is 23.1 Å². The Labute approximate surface area is 182 Å². The fraction of sp³-hybridized carbons (Fsp3) is 0.360. The van der Waals surface area contributed by atoms with Crippen LogP contribution in [0.1, 0.15) is 38.8 Å². The van der Waals surface area contributed by atoms with E-state index in [9.17, 15) is 9.59 Å². The smallest absolute Gasteiger partial charge is 0.316 e. The molecule has 2 aromatic rings. The Balaban J connectivity index is 1.80. The van der Waals surface area contributed by atoms with Crippen molar-refractivity contribution < 1.29 is 19.1 Å². The number of carbonyl (C=O) groups is 2. The zero-order chi connectivity index (χ0) is 22.1. The van der Waals surface area contributed by atoms with Crippen molar-refractivity contribution in [3.63, 3.8) is 0 Å². The number of nitrogens with one attached hydrogen (secondary N) is 2. The SMILES string of the molecule is COC(=O)[C@@H]1C(=O)C2=C(C[C@@H]1C)Nc1ccccc1N[C@@H]2c1ccc(OC(C)C)cc1. The number of ether oxygens (including phenoxy) is 2. The lowest BCUT2D eigenvalue weighted by atomic mass is 9.75. The van der Waals surface area contributed by atoms with Crippen LogP contribution in [-0.4, -0.2) is 25.0 Å². The van der Waals surface area contributed by atoms with Crippen LogP contribution in [0.3, 0.4) is 0 Å². The first kappa shape index (κ1) is 21.0. The molecule has 3 atom stereocenters. The maximum absolute atomic E-state index is 13.6. The summed E-state index contributed by atoms with van der Waals surface area (Å²) in [4.78, 5) is 26.0. The topological polar surface area (TPSA) is 76.7 Å². The van der Waals surface area contributed by atoms with Gasteiger partial charge in [-0.15, -0.1) is 0 Å². The number of hydrogen-bond acceptors (Lipinski definition) is 6. The Morgan fingerprint density at radius 1 is 1.06 bits per heavy atom. The minimum absolute atomic E-state index is 0.0782. The van der Waals surface area contributed by atoms with Crippen molar-refractivity contribution in [1.29, 1.82) is 0 Å². The molecular weight excluding hydrogens is 392 g/mol. The predicted octanol–water partition coefficient (Wildman–Crippen LogP) is 4.70. The van der Waals surface area contributed by atoms with E-state index in [1.54, 1.807) is 0 Å². The number of rotatable bonds is 4. The standard InChI is InChI=1S/C25H28N2O4/c1-14(2)31-17-11-9-16(10-12-17)23-22-20(26-18-7-5-6-8-19(18)27-23)13-15(3)21(24(22)28)25(29)30-4/h5-12,14-15,21,23,26-27H,13H2,1-4H3/t15-,21-,23+/m0/s1. The van der Waals surface area contributed by atoms with Crippen molar-refractivity contribution in [2.24, 2.45) is 11.8 Å². The van der Waals surface area contributed by atoms with Crippen LogP contribution in [0.4, 0.5) is 11.4 Å². The Morgan fingerprint density at radius 2 is 1.74 bits per heavy atom. The molecule has 0 fully saturated rings. The highest BCUT2D eigenvalue weighted by Gasteiger charge is 2.44. The summed E-state index contributed by atoms with van der Waals surface area (Å²) in [5.41, 5.74) is 4.17. The second-order valence-corrected chi connectivity index (χ2v) is 8.42. The number of ketones is 1. The maximum atomic E-state index is 13.6. The second-order valence-electron chi connectivity index (χ2n) is 8.42. The summed E-state index contributed by atoms with van der Waals surface area (Å²) in [6.45, 7) is 5.88. The van der Waals surface area contributed by atoms with Crippen LogP contribution in [0, 0.1) is 11.8 Å². The summed E-state index contributed by atoms with van der Waals surface area (Å²) >= 11 is 0. The molecule has 162 valence electrons. The van der Waals surface area contributed by atoms with E-state index >= 15 is 0 Å². The quantitative estimate of drug-likeness (QED) is 0.551. The molecule has 4 rings (SSSR count). The van der Waals surface area contributed by atoms with E-state index in [4.69, 9.17) is 9.47 Å². The predicted molar refractivity (Wildman–Crippen MR) is 120 cm³/mol. The Morgan fingerprint density at radius 3 is 2.39 bits per heavy atom. The van der Waals surface area contributed by atoms with Gasteiger partial charge in [0.15, 0.2) is 5.78 Å². The van der Waals surface area contributed by atoms with Gasteiger partial charge in [-0.3, -0.25) is 9.59 Å². The van der Waals surface area contributed by atoms with Crippen LogP contribution >= 0.6 is 0 Å². The molecule has 0 bridgehead atoms. The molecule has 6 nitrogen and oxygen atoms in total. The number of methoxy groups -OCH3 is 1. The van der Waals surface area contributed by atoms with Gasteiger partial charge in [-0.05, 0) is 56.0 Å². The number of fused-ring (bicyclic) bond motifs is 1. The lowest BCUT2D eigenvalue weighted by Gasteiger charge is -2.32. The van der Waals surface area contributed by atoms with Crippen LogP contribution in [-0.2, 0) is 14.3 Å². The fourth-order valence-electron chi connectivity index (χ4n) is 4.39. The summed E-state index contributed by atoms with van der Waals surface area (Å²) in [5, 5.41) is 6.98. The third-order valence-electron chi connectivity index (χ3n) is 5.81. The molecule has 1 heterocycles. The molecule has 31 heavy (non-hydrogen) atoms. The summed E-state index contributed by atoms with van der Waals surface area (Å²) < 4.78 is 10.7. The van der Waals surface area contributed by atoms with Crippen LogP contribution in [0.5, 0.6) is 5.75 Å². The number of esters is 1. The third-order valence-corrected chi connectivity index (χ3v) is 5.81. The van der Waals surface area contributed by atoms with E-state index in [-0.39, 0.29) is 17.8 Å². The number of anilines is 2. The summed E-state index contributed by atoms with van der Waals surface area (Å²) in [7, 11) is 1.33. The van der Waals surface area contributed by atoms with Crippen molar-refractivity contribution in [1.82, 2.24) is 0 Å². The highest BCUT2D eigenvalue weighted by molar-refractivity contribution is 6.11. The largest absolute Gasteiger partial charge is 0.491 e. The Kier molecular flexibility index (Phi) is 5.72. The number of carbonyl (C=O) groups excluding carboxylic acids is 2. The first-order valence-corrected chi connectivity index (χ1v) is 10.6. The van der Waals surface area contributed by atoms with E-state index in [0.717, 1.165) is 28.4 Å². The first-order valence-electron chi connectivity index (χ1n) is 10.6. The van der Waals surface area contributed by atoms with E-state index in [2.05, 4.69) is 10.6 Å². The van der Waals surface area contributed by atoms with Crippen LogP contribution < -0.4 is 15.4 Å². The van der Waals surface area contributed by atoms with Crippen molar-refractivity contribution in [2.45, 2.75) is 39.3 Å². The average Bonchev–Trinajstić information content (AvgIpc) is 2.90. The monoisotopic (exact) mass is 420 g/mol. The molecular formula is C25H28N2O4. The zero-order valence-corrected chi connectivity index (χ0v) is 18.3. The first-order chi connectivity index (χ1) is 14.9. The molecule has 0 aromatic heterocycles. The summed E-state index contributed by atoms with van der Waals surface area (Å²) in [5.74, 6) is -0.860. The van der Waals surface area contributed by atoms with Gasteiger partial charge in [-0.25, -0.2) is 0 Å². The van der Waals surface area contributed by atoms with Gasteiger partial charge in [0.1, 0.15) is 11.7 Å². The minimum atomic E-state index is -0.806. The maximum Gasteiger partial charge on any atom is 0.316 e. The summed E-state index contributed by atoms with van der Waals surface area (Å²) in [6.07, 6.45) is 0.663. The number of Topliss-reactive ketones (excluding diaryl/α,β-unsaturated/α-hetero) is 1. The lowest BCUT2D eigenvalue weighted by molar-refractivity contribution is -0.151. The highest BCUT2D eigenvalue weighted by Crippen LogP contribution is 2.43. The second kappa shape index (κ2) is 8.46. The number of allylic oxidation sites excluding steroid dienone is 1. The van der Waals surface area contributed by atoms with E-state index < -0.39 is 17.9 Å². The molecule has 0 spiro atoms. The minimum Gasteiger partial charge on any atom is -0.491 e. The number of para-hydroxylation sites is 2. The van der Waals surface area contributed by atoms with Gasteiger partial charge in [0.25, 0.3) is 0 Å². The molecule has 2 N–H and O–H groups in total. The van der Waals surface area contributed by atoms with Gasteiger partial charge in [-0.1, -0.05) is 31.2 Å². The molecule has 0 radical (unpaired) electrons. The van der Waals surface area contributed by atoms with Crippen molar-refractivity contribution in [3.8, 4) is 5.75 Å². The van der Waals surface area contributed by atoms with Gasteiger partial charge >= 0.3 is 5.97 Å². The molecule has 1 aliphatic heterocycles. The van der Waals surface area contributed by atoms with Gasteiger partial charge in [0, 0.05) is 11.3 Å². The molecule has 0 amide bonds. The molecule has 2 aromatic carbocycles. The average molecular weight is 421 g/mol. The Bertz CT molecular complexity index is 1030. The molecule has 0 saturated carbocycles. The normalized spacial score (nSPS) is 22.6. The highest BCUT2D eigenvalue weighted by atomic mass is 16.5.